The van der Waals surface area contributed by atoms with Crippen molar-refractivity contribution in [3.05, 3.63) is 29.3 Å². The van der Waals surface area contributed by atoms with Crippen molar-refractivity contribution < 1.29 is 43.9 Å². The number of hydrogen-bond donors (Lipinski definition) is 4. The Morgan fingerprint density at radius 1 is 1.17 bits per heavy atom. The van der Waals surface area contributed by atoms with E-state index in [4.69, 9.17) is 29.5 Å². The number of aliphatic hydroxyl groups excluding tert-OH is 1. The van der Waals surface area contributed by atoms with Gasteiger partial charge in [-0.25, -0.2) is 9.59 Å². The number of fused-ring (bicyclic) bond motifs is 1. The molecule has 10 nitrogen and oxygen atoms in total. The zero-order valence-corrected chi connectivity index (χ0v) is 20.2. The second-order valence-corrected chi connectivity index (χ2v) is 9.62. The molecule has 0 unspecified atom stereocenters. The molecule has 1 aromatic rings. The van der Waals surface area contributed by atoms with Gasteiger partial charge in [-0.15, -0.1) is 0 Å². The Labute approximate surface area is 204 Å². The molecule has 4 rings (SSSR count). The molecule has 4 N–H and O–H groups in total. The Balaban J connectivity index is 0.000000327. The number of nitrogens with one attached hydrogen (secondary N) is 1. The van der Waals surface area contributed by atoms with Gasteiger partial charge in [-0.2, -0.15) is 0 Å². The fourth-order valence-electron chi connectivity index (χ4n) is 5.62. The van der Waals surface area contributed by atoms with E-state index in [0.29, 0.717) is 11.5 Å². The molecular formula is C25H35NO9. The average Bonchev–Trinajstić information content (AvgIpc) is 2.79. The summed E-state index contributed by atoms with van der Waals surface area (Å²) in [5.41, 5.74) is 3.23. The van der Waals surface area contributed by atoms with Gasteiger partial charge in [-0.1, -0.05) is 18.9 Å². The third-order valence-electron chi connectivity index (χ3n) is 7.01. The molecule has 2 aliphatic carbocycles. The van der Waals surface area contributed by atoms with Crippen molar-refractivity contribution >= 4 is 18.1 Å². The first-order chi connectivity index (χ1) is 16.6. The van der Waals surface area contributed by atoms with Crippen LogP contribution in [-0.2, 0) is 30.9 Å². The number of rotatable bonds is 7. The van der Waals surface area contributed by atoms with E-state index in [2.05, 4.69) is 17.4 Å². The Bertz CT molecular complexity index is 914. The van der Waals surface area contributed by atoms with Gasteiger partial charge in [0, 0.05) is 11.5 Å². The van der Waals surface area contributed by atoms with Gasteiger partial charge in [0.15, 0.2) is 6.10 Å². The summed E-state index contributed by atoms with van der Waals surface area (Å²) in [4.78, 5) is 30.9. The van der Waals surface area contributed by atoms with Gasteiger partial charge in [0.1, 0.15) is 5.75 Å². The number of carbonyl (C=O) groups is 3. The van der Waals surface area contributed by atoms with Gasteiger partial charge in [0.2, 0.25) is 6.79 Å². The molecule has 2 bridgehead atoms. The summed E-state index contributed by atoms with van der Waals surface area (Å²) in [5, 5.41) is 27.9. The standard InChI is InChI=1S/C21H29NO4.C4H6O5/c1-14(2)26-20(23)25-13-24-16-7-6-15-11-19-17-5-3-4-8-21(17,9-10-22-19)18(15)12-16;5-2(4(8)9)1-3(6)7/h6-7,12,14,17,19,22H,3-5,8-11,13H2,1-2H3;2,5H,1H2,(H,6,7)(H,8,9)/t17-,19+,21+;2-/m10/s1. The van der Waals surface area contributed by atoms with Crippen LogP contribution in [0.5, 0.6) is 5.75 Å². The minimum absolute atomic E-state index is 0.120. The molecule has 0 amide bonds. The van der Waals surface area contributed by atoms with Crippen LogP contribution >= 0.6 is 0 Å². The molecule has 1 saturated heterocycles. The predicted octanol–water partition coefficient (Wildman–Crippen LogP) is 2.84. The smallest absolute Gasteiger partial charge is 0.481 e. The Kier molecular flexibility index (Phi) is 8.96. The minimum Gasteiger partial charge on any atom is -0.481 e. The third-order valence-corrected chi connectivity index (χ3v) is 7.01. The van der Waals surface area contributed by atoms with Crippen LogP contribution in [0.15, 0.2) is 18.2 Å². The number of ether oxygens (including phenoxy) is 3. The van der Waals surface area contributed by atoms with Crippen LogP contribution in [0, 0.1) is 5.92 Å². The number of aliphatic carboxylic acids is 2. The molecule has 0 radical (unpaired) electrons. The molecule has 10 heteroatoms. The molecule has 1 aliphatic heterocycles. The zero-order chi connectivity index (χ0) is 25.6. The first-order valence-corrected chi connectivity index (χ1v) is 12.1. The van der Waals surface area contributed by atoms with Crippen LogP contribution in [-0.4, -0.2) is 65.0 Å². The molecule has 4 atom stereocenters. The van der Waals surface area contributed by atoms with Crippen LogP contribution in [0.3, 0.4) is 0 Å². The molecule has 1 saturated carbocycles. The number of benzene rings is 1. The number of carbonyl (C=O) groups excluding carboxylic acids is 1. The highest BCUT2D eigenvalue weighted by molar-refractivity contribution is 5.79. The number of aliphatic hydroxyl groups is 1. The van der Waals surface area contributed by atoms with Gasteiger partial charge >= 0.3 is 18.1 Å². The second kappa shape index (κ2) is 11.7. The summed E-state index contributed by atoms with van der Waals surface area (Å²) >= 11 is 0. The summed E-state index contributed by atoms with van der Waals surface area (Å²) < 4.78 is 15.6. The van der Waals surface area contributed by atoms with Crippen molar-refractivity contribution in [3.63, 3.8) is 0 Å². The van der Waals surface area contributed by atoms with Crippen LogP contribution in [0.4, 0.5) is 4.79 Å². The highest BCUT2D eigenvalue weighted by Crippen LogP contribution is 2.54. The number of carboxylic acids is 2. The lowest BCUT2D eigenvalue weighted by atomic mass is 9.53. The molecule has 1 aromatic carbocycles. The highest BCUT2D eigenvalue weighted by atomic mass is 16.8. The van der Waals surface area contributed by atoms with E-state index >= 15 is 0 Å². The lowest BCUT2D eigenvalue weighted by molar-refractivity contribution is -0.152. The second-order valence-electron chi connectivity index (χ2n) is 9.62. The summed E-state index contributed by atoms with van der Waals surface area (Å²) in [6.07, 6.45) is 4.17. The number of piperidine rings is 1. The van der Waals surface area contributed by atoms with Crippen LogP contribution in [0.25, 0.3) is 0 Å². The Hall–Kier alpha value is -2.85. The Morgan fingerprint density at radius 3 is 2.60 bits per heavy atom. The summed E-state index contributed by atoms with van der Waals surface area (Å²) in [6, 6.07) is 7.01. The monoisotopic (exact) mass is 493 g/mol. The zero-order valence-electron chi connectivity index (χ0n) is 20.2. The van der Waals surface area contributed by atoms with Gasteiger partial charge in [0.25, 0.3) is 0 Å². The molecule has 194 valence electrons. The van der Waals surface area contributed by atoms with Gasteiger partial charge < -0.3 is 34.8 Å². The van der Waals surface area contributed by atoms with Crippen LogP contribution in [0.1, 0.15) is 63.5 Å². The molecule has 3 aliphatic rings. The average molecular weight is 494 g/mol. The maximum atomic E-state index is 11.5. The molecule has 0 aromatic heterocycles. The van der Waals surface area contributed by atoms with E-state index in [9.17, 15) is 14.4 Å². The lowest BCUT2D eigenvalue weighted by Gasteiger charge is -2.56. The highest BCUT2D eigenvalue weighted by Gasteiger charge is 2.51. The van der Waals surface area contributed by atoms with Crippen LogP contribution < -0.4 is 10.1 Å². The van der Waals surface area contributed by atoms with Crippen molar-refractivity contribution in [2.75, 3.05) is 13.3 Å². The lowest BCUT2D eigenvalue weighted by Crippen LogP contribution is -2.59. The number of carboxylic acid groups (broad SMARTS) is 2. The summed E-state index contributed by atoms with van der Waals surface area (Å²) in [5.74, 6) is -1.33. The van der Waals surface area contributed by atoms with Crippen LogP contribution in [0.2, 0.25) is 0 Å². The van der Waals surface area contributed by atoms with E-state index < -0.39 is 30.6 Å². The topological polar surface area (TPSA) is 152 Å². The quantitative estimate of drug-likeness (QED) is 0.330. The van der Waals surface area contributed by atoms with Crippen molar-refractivity contribution in [1.29, 1.82) is 0 Å². The van der Waals surface area contributed by atoms with Gasteiger partial charge in [-0.05, 0) is 75.3 Å². The van der Waals surface area contributed by atoms with E-state index in [1.54, 1.807) is 13.8 Å². The molecule has 0 spiro atoms. The predicted molar refractivity (Wildman–Crippen MR) is 124 cm³/mol. The van der Waals surface area contributed by atoms with Gasteiger partial charge in [0.05, 0.1) is 12.5 Å². The molecule has 2 fully saturated rings. The van der Waals surface area contributed by atoms with E-state index in [1.165, 1.54) is 43.2 Å². The Morgan fingerprint density at radius 2 is 1.94 bits per heavy atom. The first kappa shape index (κ1) is 26.7. The van der Waals surface area contributed by atoms with Crippen molar-refractivity contribution in [3.8, 4) is 5.75 Å². The minimum atomic E-state index is -1.79. The SMILES string of the molecule is CC(C)OC(=O)OCOc1ccc2c(c1)[C@]13CCCC[C@@H]1[C@H](C2)NCC3.O=C(O)C[C@H](O)C(=O)O. The number of hydrogen-bond acceptors (Lipinski definition) is 8. The van der Waals surface area contributed by atoms with Crippen molar-refractivity contribution in [2.24, 2.45) is 5.92 Å². The molecule has 1 heterocycles. The first-order valence-electron chi connectivity index (χ1n) is 12.1. The van der Waals surface area contributed by atoms with E-state index in [1.807, 2.05) is 6.07 Å². The van der Waals surface area contributed by atoms with Crippen molar-refractivity contribution in [1.82, 2.24) is 5.32 Å². The molecular weight excluding hydrogens is 458 g/mol. The largest absolute Gasteiger partial charge is 0.511 e. The maximum absolute atomic E-state index is 11.5. The molecule has 35 heavy (non-hydrogen) atoms. The fraction of sp³-hybridized carbons (Fsp3) is 0.640. The fourth-order valence-corrected chi connectivity index (χ4v) is 5.62. The van der Waals surface area contributed by atoms with E-state index in [-0.39, 0.29) is 12.9 Å². The normalized spacial score (nSPS) is 25.1. The van der Waals surface area contributed by atoms with Gasteiger partial charge in [-0.3, -0.25) is 4.79 Å². The summed E-state index contributed by atoms with van der Waals surface area (Å²) in [7, 11) is 0. The maximum Gasteiger partial charge on any atom is 0.511 e. The third kappa shape index (κ3) is 6.64. The van der Waals surface area contributed by atoms with Crippen molar-refractivity contribution in [2.45, 2.75) is 82.5 Å². The summed E-state index contributed by atoms with van der Waals surface area (Å²) in [6.45, 7) is 4.57. The van der Waals surface area contributed by atoms with E-state index in [0.717, 1.165) is 24.6 Å².